The van der Waals surface area contributed by atoms with Gasteiger partial charge in [-0.05, 0) is 18.2 Å². The number of sulfonamides is 1. The third-order valence-electron chi connectivity index (χ3n) is 2.30. The summed E-state index contributed by atoms with van der Waals surface area (Å²) < 4.78 is 28.7. The second-order valence-electron chi connectivity index (χ2n) is 3.78. The van der Waals surface area contributed by atoms with Gasteiger partial charge in [-0.25, -0.2) is 4.98 Å². The summed E-state index contributed by atoms with van der Waals surface area (Å²) in [6.07, 6.45) is 2.77. The average molecular weight is 341 g/mol. The van der Waals surface area contributed by atoms with Gasteiger partial charge in [0.2, 0.25) is 0 Å². The van der Waals surface area contributed by atoms with Gasteiger partial charge in [-0.2, -0.15) is 13.7 Å². The van der Waals surface area contributed by atoms with Crippen LogP contribution in [0.2, 0.25) is 0 Å². The van der Waals surface area contributed by atoms with Crippen LogP contribution >= 0.6 is 15.9 Å². The Morgan fingerprint density at radius 2 is 2.21 bits per heavy atom. The normalized spacial score (nSPS) is 11.0. The Hall–Kier alpha value is -1.85. The Kier molecular flexibility index (Phi) is 3.59. The van der Waals surface area contributed by atoms with Crippen LogP contribution in [0.15, 0.2) is 40.2 Å². The minimum absolute atomic E-state index is 0.0983. The van der Waals surface area contributed by atoms with Crippen molar-refractivity contribution >= 4 is 31.6 Å². The first-order valence-corrected chi connectivity index (χ1v) is 7.40. The van der Waals surface area contributed by atoms with Gasteiger partial charge in [0.25, 0.3) is 10.0 Å². The summed E-state index contributed by atoms with van der Waals surface area (Å²) >= 11 is 3.23. The minimum atomic E-state index is -3.80. The zero-order valence-electron chi connectivity index (χ0n) is 9.83. The number of halogens is 1. The molecule has 2 rings (SSSR count). The van der Waals surface area contributed by atoms with Gasteiger partial charge < -0.3 is 4.57 Å². The van der Waals surface area contributed by atoms with E-state index in [0.29, 0.717) is 4.47 Å². The van der Waals surface area contributed by atoms with E-state index in [2.05, 4.69) is 25.6 Å². The fraction of sp³-hybridized carbons (Fsp3) is 0.0909. The van der Waals surface area contributed by atoms with Crippen molar-refractivity contribution in [1.82, 2.24) is 9.55 Å². The highest BCUT2D eigenvalue weighted by atomic mass is 79.9. The van der Waals surface area contributed by atoms with Crippen LogP contribution in [0, 0.1) is 11.3 Å². The van der Waals surface area contributed by atoms with Crippen molar-refractivity contribution in [3.63, 3.8) is 0 Å². The highest BCUT2D eigenvalue weighted by Gasteiger charge is 2.18. The Morgan fingerprint density at radius 1 is 1.47 bits per heavy atom. The predicted molar refractivity (Wildman–Crippen MR) is 72.9 cm³/mol. The molecule has 0 spiro atoms. The van der Waals surface area contributed by atoms with Gasteiger partial charge >= 0.3 is 0 Å². The lowest BCUT2D eigenvalue weighted by atomic mass is 10.2. The third-order valence-corrected chi connectivity index (χ3v) is 4.05. The Bertz CT molecular complexity index is 761. The van der Waals surface area contributed by atoms with Gasteiger partial charge in [-0.1, -0.05) is 15.9 Å². The van der Waals surface area contributed by atoms with Crippen LogP contribution in [-0.2, 0) is 17.1 Å². The first kappa shape index (κ1) is 13.6. The van der Waals surface area contributed by atoms with E-state index in [4.69, 9.17) is 5.26 Å². The van der Waals surface area contributed by atoms with Crippen molar-refractivity contribution in [3.05, 3.63) is 40.8 Å². The second-order valence-corrected chi connectivity index (χ2v) is 6.33. The van der Waals surface area contributed by atoms with E-state index in [1.165, 1.54) is 29.2 Å². The first-order valence-electron chi connectivity index (χ1n) is 5.13. The standard InChI is InChI=1S/C11H9BrN4O2S/c1-16-6-11(14-7-16)19(17,18)15-10-4-9(12)3-2-8(10)5-13/h2-4,6-7,15H,1H3. The lowest BCUT2D eigenvalue weighted by Gasteiger charge is -2.07. The van der Waals surface area contributed by atoms with Crippen LogP contribution < -0.4 is 4.72 Å². The fourth-order valence-electron chi connectivity index (χ4n) is 1.42. The summed E-state index contributed by atoms with van der Waals surface area (Å²) in [5.41, 5.74) is 0.449. The van der Waals surface area contributed by atoms with E-state index < -0.39 is 10.0 Å². The van der Waals surface area contributed by atoms with Crippen molar-refractivity contribution in [3.8, 4) is 6.07 Å². The molecule has 0 bridgehead atoms. The number of aromatic nitrogens is 2. The molecule has 19 heavy (non-hydrogen) atoms. The summed E-state index contributed by atoms with van der Waals surface area (Å²) in [4.78, 5) is 3.78. The van der Waals surface area contributed by atoms with Gasteiger partial charge in [0.15, 0.2) is 5.03 Å². The number of nitriles is 1. The van der Waals surface area contributed by atoms with Crippen LogP contribution in [0.1, 0.15) is 5.56 Å². The smallest absolute Gasteiger partial charge is 0.280 e. The summed E-state index contributed by atoms with van der Waals surface area (Å²) in [5, 5.41) is 8.86. The van der Waals surface area contributed by atoms with Crippen molar-refractivity contribution in [2.24, 2.45) is 7.05 Å². The van der Waals surface area contributed by atoms with Gasteiger partial charge in [0.1, 0.15) is 6.07 Å². The summed E-state index contributed by atoms with van der Waals surface area (Å²) in [7, 11) is -2.12. The zero-order valence-corrected chi connectivity index (χ0v) is 12.2. The van der Waals surface area contributed by atoms with Gasteiger partial charge in [0.05, 0.1) is 17.6 Å². The molecule has 8 heteroatoms. The predicted octanol–water partition coefficient (Wildman–Crippen LogP) is 1.86. The molecule has 0 fully saturated rings. The van der Waals surface area contributed by atoms with Crippen molar-refractivity contribution in [1.29, 1.82) is 5.26 Å². The van der Waals surface area contributed by atoms with E-state index >= 15 is 0 Å². The molecule has 0 aliphatic heterocycles. The molecule has 1 heterocycles. The first-order chi connectivity index (χ1) is 8.92. The molecule has 1 aromatic heterocycles. The van der Waals surface area contributed by atoms with E-state index in [1.54, 1.807) is 13.1 Å². The average Bonchev–Trinajstić information content (AvgIpc) is 2.76. The summed E-state index contributed by atoms with van der Waals surface area (Å²) in [5.74, 6) is 0. The quantitative estimate of drug-likeness (QED) is 0.923. The molecular formula is C11H9BrN4O2S. The lowest BCUT2D eigenvalue weighted by molar-refractivity contribution is 0.598. The molecule has 0 saturated carbocycles. The molecule has 6 nitrogen and oxygen atoms in total. The molecule has 1 N–H and O–H groups in total. The van der Waals surface area contributed by atoms with Crippen LogP contribution in [0.5, 0.6) is 0 Å². The van der Waals surface area contributed by atoms with Crippen molar-refractivity contribution in [2.75, 3.05) is 4.72 Å². The largest absolute Gasteiger partial charge is 0.339 e. The molecule has 0 radical (unpaired) electrons. The molecule has 2 aromatic rings. The van der Waals surface area contributed by atoms with Crippen LogP contribution in [0.3, 0.4) is 0 Å². The second kappa shape index (κ2) is 5.03. The van der Waals surface area contributed by atoms with Gasteiger partial charge in [0, 0.05) is 17.7 Å². The Balaban J connectivity index is 2.41. The van der Waals surface area contributed by atoms with E-state index in [9.17, 15) is 8.42 Å². The number of rotatable bonds is 3. The Labute approximate surface area is 118 Å². The Morgan fingerprint density at radius 3 is 2.79 bits per heavy atom. The van der Waals surface area contributed by atoms with E-state index in [0.717, 1.165) is 0 Å². The maximum atomic E-state index is 12.1. The van der Waals surface area contributed by atoms with Gasteiger partial charge in [-0.15, -0.1) is 0 Å². The summed E-state index contributed by atoms with van der Waals surface area (Å²) in [6, 6.07) is 6.65. The molecule has 0 saturated heterocycles. The number of hydrogen-bond acceptors (Lipinski definition) is 4. The maximum Gasteiger partial charge on any atom is 0.280 e. The number of nitrogens with zero attached hydrogens (tertiary/aromatic N) is 3. The fourth-order valence-corrected chi connectivity index (χ4v) is 2.84. The molecule has 98 valence electrons. The van der Waals surface area contributed by atoms with Gasteiger partial charge in [-0.3, -0.25) is 4.72 Å². The number of benzene rings is 1. The van der Waals surface area contributed by atoms with Crippen LogP contribution in [0.25, 0.3) is 0 Å². The molecule has 0 unspecified atom stereocenters. The molecule has 1 aromatic carbocycles. The number of hydrogen-bond donors (Lipinski definition) is 1. The van der Waals surface area contributed by atoms with E-state index in [-0.39, 0.29) is 16.3 Å². The number of aryl methyl sites for hydroxylation is 1. The maximum absolute atomic E-state index is 12.1. The molecule has 0 amide bonds. The lowest BCUT2D eigenvalue weighted by Crippen LogP contribution is -2.14. The number of imidazole rings is 1. The third kappa shape index (κ3) is 2.94. The van der Waals surface area contributed by atoms with Crippen molar-refractivity contribution in [2.45, 2.75) is 5.03 Å². The topological polar surface area (TPSA) is 87.8 Å². The SMILES string of the molecule is Cn1cnc(S(=O)(=O)Nc2cc(Br)ccc2C#N)c1. The number of anilines is 1. The number of nitrogens with one attached hydrogen (secondary N) is 1. The van der Waals surface area contributed by atoms with Crippen LogP contribution in [0.4, 0.5) is 5.69 Å². The molecule has 0 aliphatic rings. The zero-order chi connectivity index (χ0) is 14.0. The molecule has 0 aliphatic carbocycles. The minimum Gasteiger partial charge on any atom is -0.339 e. The highest BCUT2D eigenvalue weighted by Crippen LogP contribution is 2.23. The monoisotopic (exact) mass is 340 g/mol. The molecular weight excluding hydrogens is 332 g/mol. The van der Waals surface area contributed by atoms with E-state index in [1.807, 2.05) is 6.07 Å². The van der Waals surface area contributed by atoms with Crippen molar-refractivity contribution < 1.29 is 8.42 Å². The van der Waals surface area contributed by atoms with Crippen LogP contribution in [-0.4, -0.2) is 18.0 Å². The summed E-state index contributed by atoms with van der Waals surface area (Å²) in [6.45, 7) is 0. The molecule has 0 atom stereocenters. The highest BCUT2D eigenvalue weighted by molar-refractivity contribution is 9.10.